The minimum absolute atomic E-state index is 0. The van der Waals surface area contributed by atoms with Gasteiger partial charge in [-0.3, -0.25) is 57.9 Å². The molecular formula is C60H111LaN3O18. The predicted molar refractivity (Wildman–Crippen MR) is 312 cm³/mol. The summed E-state index contributed by atoms with van der Waals surface area (Å²) < 4.78 is 0. The van der Waals surface area contributed by atoms with Gasteiger partial charge in [-0.2, -0.15) is 0 Å². The zero-order valence-electron chi connectivity index (χ0n) is 50.7. The Morgan fingerprint density at radius 2 is 0.354 bits per heavy atom. The van der Waals surface area contributed by atoms with Crippen molar-refractivity contribution in [3.8, 4) is 0 Å². The van der Waals surface area contributed by atoms with Gasteiger partial charge in [0.25, 0.3) is 0 Å². The van der Waals surface area contributed by atoms with Gasteiger partial charge >= 0.3 is 53.7 Å². The number of rotatable bonds is 57. The van der Waals surface area contributed by atoms with Crippen molar-refractivity contribution in [1.82, 2.24) is 14.7 Å². The van der Waals surface area contributed by atoms with Gasteiger partial charge < -0.3 is 46.0 Å². The van der Waals surface area contributed by atoms with Crippen LogP contribution in [-0.2, 0) is 43.2 Å². The van der Waals surface area contributed by atoms with Gasteiger partial charge in [-0.1, -0.05) is 252 Å². The van der Waals surface area contributed by atoms with E-state index < -0.39 is 111 Å². The van der Waals surface area contributed by atoms with Gasteiger partial charge in [0.2, 0.25) is 0 Å². The van der Waals surface area contributed by atoms with Crippen molar-refractivity contribution in [1.29, 1.82) is 0 Å². The molecule has 1 radical (unpaired) electrons. The summed E-state index contributed by atoms with van der Waals surface area (Å²) >= 11 is 0. The summed E-state index contributed by atoms with van der Waals surface area (Å²) in [5, 5.41) is 81.2. The minimum Gasteiger partial charge on any atom is -0.480 e. The number of unbranched alkanes of at least 4 members (excludes halogenated alkanes) is 33. The molecule has 3 unspecified atom stereocenters. The van der Waals surface area contributed by atoms with Crippen LogP contribution in [0.25, 0.3) is 0 Å². The smallest absolute Gasteiger partial charge is 0.320 e. The van der Waals surface area contributed by atoms with Crippen molar-refractivity contribution in [3.63, 3.8) is 0 Å². The number of aliphatic carboxylic acids is 9. The molecule has 9 N–H and O–H groups in total. The van der Waals surface area contributed by atoms with Crippen molar-refractivity contribution in [2.24, 2.45) is 0 Å². The average molecular weight is 1300 g/mol. The Kier molecular flexibility index (Phi) is 62.5. The maximum Gasteiger partial charge on any atom is 0.320 e. The molecule has 477 valence electrons. The van der Waals surface area contributed by atoms with Crippen LogP contribution >= 0.6 is 0 Å². The summed E-state index contributed by atoms with van der Waals surface area (Å²) in [5.74, 6) is -10.8. The fourth-order valence-corrected chi connectivity index (χ4v) is 9.79. The van der Waals surface area contributed by atoms with Gasteiger partial charge in [-0.25, -0.2) is 0 Å². The van der Waals surface area contributed by atoms with E-state index in [0.717, 1.165) is 72.5 Å². The third-order valence-corrected chi connectivity index (χ3v) is 14.2. The number of carboxylic acids is 9. The van der Waals surface area contributed by atoms with Crippen molar-refractivity contribution in [2.45, 2.75) is 289 Å². The molecular weight excluding hydrogens is 1190 g/mol. The summed E-state index contributed by atoms with van der Waals surface area (Å²) in [7, 11) is 0. The molecule has 0 aliphatic carbocycles. The monoisotopic (exact) mass is 1300 g/mol. The van der Waals surface area contributed by atoms with E-state index >= 15 is 0 Å². The second kappa shape index (κ2) is 60.4. The first-order chi connectivity index (χ1) is 38.6. The zero-order chi connectivity index (χ0) is 61.5. The second-order valence-corrected chi connectivity index (χ2v) is 21.7. The Bertz CT molecular complexity index is 1430. The first-order valence-corrected chi connectivity index (χ1v) is 30.9. The predicted octanol–water partition coefficient (Wildman–Crippen LogP) is 12.0. The summed E-state index contributed by atoms with van der Waals surface area (Å²) in [6.45, 7) is 3.16. The largest absolute Gasteiger partial charge is 0.480 e. The molecule has 0 aliphatic heterocycles. The maximum atomic E-state index is 11.4. The van der Waals surface area contributed by atoms with E-state index in [0.29, 0.717) is 19.3 Å². The van der Waals surface area contributed by atoms with Crippen LogP contribution in [-0.4, -0.2) is 172 Å². The van der Waals surface area contributed by atoms with Crippen LogP contribution in [0.15, 0.2) is 0 Å². The van der Waals surface area contributed by atoms with Crippen molar-refractivity contribution in [2.75, 3.05) is 39.3 Å². The Morgan fingerprint density at radius 3 is 0.463 bits per heavy atom. The van der Waals surface area contributed by atoms with E-state index in [1.165, 1.54) is 154 Å². The van der Waals surface area contributed by atoms with E-state index in [-0.39, 0.29) is 54.9 Å². The molecule has 0 aliphatic rings. The number of nitrogens with zero attached hydrogens (tertiary/aromatic N) is 3. The first kappa shape index (κ1) is 84.8. The van der Waals surface area contributed by atoms with Gasteiger partial charge in [0.15, 0.2) is 0 Å². The van der Waals surface area contributed by atoms with Crippen LogP contribution < -0.4 is 0 Å². The van der Waals surface area contributed by atoms with Crippen LogP contribution in [0.4, 0.5) is 0 Å². The Balaban J connectivity index is -0.000000553. The molecule has 0 heterocycles. The SMILES string of the molecule is CCCCCCCCCCCCCCC(C(=O)O)N(CC(=O)O)CC(=O)O.CCCCCCCCCCCCCCC(C(=O)O)N(CC(=O)O)CC(=O)O.CCCCCCCCCCCCCCC(C(=O)O)N(CC(=O)O)CC(=O)O.[La]. The van der Waals surface area contributed by atoms with Crippen LogP contribution in [0.3, 0.4) is 0 Å². The topological polar surface area (TPSA) is 345 Å². The molecule has 3 atom stereocenters. The van der Waals surface area contributed by atoms with Crippen LogP contribution in [0.1, 0.15) is 271 Å². The molecule has 21 nitrogen and oxygen atoms in total. The second-order valence-electron chi connectivity index (χ2n) is 21.7. The molecule has 0 rings (SSSR count). The molecule has 0 aromatic heterocycles. The molecule has 22 heteroatoms. The summed E-state index contributed by atoms with van der Waals surface area (Å²) in [6.07, 6.45) is 42.8. The van der Waals surface area contributed by atoms with E-state index in [9.17, 15) is 58.5 Å². The molecule has 0 aromatic rings. The molecule has 0 aromatic carbocycles. The minimum atomic E-state index is -1.22. The zero-order valence-corrected chi connectivity index (χ0v) is 54.3. The van der Waals surface area contributed by atoms with Crippen LogP contribution in [0.2, 0.25) is 0 Å². The van der Waals surface area contributed by atoms with Gasteiger partial charge in [-0.15, -0.1) is 0 Å². The van der Waals surface area contributed by atoms with Gasteiger partial charge in [0, 0.05) is 35.6 Å². The number of carboxylic acid groups (broad SMARTS) is 9. The van der Waals surface area contributed by atoms with Gasteiger partial charge in [0.1, 0.15) is 18.1 Å². The third kappa shape index (κ3) is 58.1. The first-order valence-electron chi connectivity index (χ1n) is 30.9. The number of carbonyl (C=O) groups is 9. The van der Waals surface area contributed by atoms with E-state index in [1.54, 1.807) is 0 Å². The molecule has 0 bridgehead atoms. The normalized spacial score (nSPS) is 12.1. The molecule has 82 heavy (non-hydrogen) atoms. The fraction of sp³-hybridized carbons (Fsp3) is 0.850. The fourth-order valence-electron chi connectivity index (χ4n) is 9.79. The third-order valence-electron chi connectivity index (χ3n) is 14.2. The van der Waals surface area contributed by atoms with E-state index in [1.807, 2.05) is 0 Å². The van der Waals surface area contributed by atoms with Crippen LogP contribution in [0.5, 0.6) is 0 Å². The van der Waals surface area contributed by atoms with Crippen molar-refractivity contribution in [3.05, 3.63) is 0 Å². The maximum absolute atomic E-state index is 11.4. The molecule has 0 amide bonds. The van der Waals surface area contributed by atoms with E-state index in [4.69, 9.17) is 30.6 Å². The van der Waals surface area contributed by atoms with Gasteiger partial charge in [0.05, 0.1) is 39.3 Å². The molecule has 0 saturated carbocycles. The molecule has 0 spiro atoms. The summed E-state index contributed by atoms with van der Waals surface area (Å²) in [4.78, 5) is 102. The Morgan fingerprint density at radius 1 is 0.232 bits per heavy atom. The van der Waals surface area contributed by atoms with Crippen molar-refractivity contribution >= 4 is 53.7 Å². The number of hydrogen-bond acceptors (Lipinski definition) is 12. The number of hydrogen-bond donors (Lipinski definition) is 9. The Labute approximate surface area is 518 Å². The molecule has 0 saturated heterocycles. The summed E-state index contributed by atoms with van der Waals surface area (Å²) in [6, 6.07) is -3.21. The quantitative estimate of drug-likeness (QED) is 0.0255. The molecule has 0 fully saturated rings. The standard InChI is InChI=1S/3C20H37NO6.La/c3*1-2-3-4-5-6-7-8-9-10-11-12-13-14-17(20(26)27)21(15-18(22)23)16-19(24)25;/h3*17H,2-16H2,1H3,(H,22,23)(H,24,25)(H,26,27);. The van der Waals surface area contributed by atoms with Crippen LogP contribution in [0, 0.1) is 35.6 Å². The van der Waals surface area contributed by atoms with Gasteiger partial charge in [-0.05, 0) is 19.3 Å². The van der Waals surface area contributed by atoms with Crippen molar-refractivity contribution < 1.29 is 125 Å². The van der Waals surface area contributed by atoms with E-state index in [2.05, 4.69) is 20.8 Å². The average Bonchev–Trinajstić information content (AvgIpc) is 3.37. The Hall–Kier alpha value is -3.70. The summed E-state index contributed by atoms with van der Waals surface area (Å²) in [5.41, 5.74) is 0.